The number of hydrogen-bond donors (Lipinski definition) is 0. The van der Waals surface area contributed by atoms with Gasteiger partial charge in [-0.3, -0.25) is 0 Å². The molecule has 0 atom stereocenters. The fraction of sp³-hybridized carbons (Fsp3) is 0.250. The molecule has 2 nitrogen and oxygen atoms in total. The molecule has 2 radical (unpaired) electrons. The van der Waals surface area contributed by atoms with Crippen LogP contribution in [0, 0.1) is 12.7 Å². The molecule has 0 bridgehead atoms. The summed E-state index contributed by atoms with van der Waals surface area (Å²) in [7, 11) is 0. The van der Waals surface area contributed by atoms with Gasteiger partial charge in [-0.1, -0.05) is 0 Å². The molecule has 4 heteroatoms. The van der Waals surface area contributed by atoms with Gasteiger partial charge in [0.2, 0.25) is 6.26 Å². The van der Waals surface area contributed by atoms with Crippen molar-refractivity contribution in [1.82, 2.24) is 4.98 Å². The summed E-state index contributed by atoms with van der Waals surface area (Å²) in [5, 5.41) is 0. The van der Waals surface area contributed by atoms with E-state index in [9.17, 15) is 8.78 Å². The second kappa shape index (κ2) is 1.90. The Labute approximate surface area is 44.1 Å². The first-order valence-corrected chi connectivity index (χ1v) is 1.83. The van der Waals surface area contributed by atoms with Gasteiger partial charge in [-0.05, 0) is 0 Å². The molecule has 0 unspecified atom stereocenters. The fourth-order valence-electron chi connectivity index (χ4n) is 0.263. The first-order chi connectivity index (χ1) is 3.80. The van der Waals surface area contributed by atoms with Crippen molar-refractivity contribution < 1.29 is 13.2 Å². The zero-order valence-corrected chi connectivity index (χ0v) is 3.69. The summed E-state index contributed by atoms with van der Waals surface area (Å²) in [5.41, 5.74) is -0.495. The molecule has 0 saturated carbocycles. The van der Waals surface area contributed by atoms with E-state index in [2.05, 4.69) is 9.40 Å². The van der Waals surface area contributed by atoms with Crippen LogP contribution in [-0.4, -0.2) is 4.98 Å². The summed E-state index contributed by atoms with van der Waals surface area (Å²) in [6.45, 7) is 0. The molecule has 0 aliphatic heterocycles. The Balaban J connectivity index is 2.77. The topological polar surface area (TPSA) is 26.0 Å². The number of oxazole rings is 1. The second-order valence-electron chi connectivity index (χ2n) is 1.09. The van der Waals surface area contributed by atoms with E-state index in [1.165, 1.54) is 0 Å². The fourth-order valence-corrected chi connectivity index (χ4v) is 0.263. The maximum atomic E-state index is 11.4. The zero-order valence-electron chi connectivity index (χ0n) is 3.69. The van der Waals surface area contributed by atoms with E-state index < -0.39 is 12.1 Å². The molecule has 0 aliphatic carbocycles. The Hall–Kier alpha value is -0.930. The molecular weight excluding hydrogens is 116 g/mol. The van der Waals surface area contributed by atoms with Crippen molar-refractivity contribution in [2.45, 2.75) is 6.43 Å². The van der Waals surface area contributed by atoms with Crippen LogP contribution in [0.5, 0.6) is 0 Å². The van der Waals surface area contributed by atoms with Gasteiger partial charge in [0.15, 0.2) is 5.69 Å². The van der Waals surface area contributed by atoms with E-state index in [1.807, 2.05) is 12.7 Å². The first kappa shape index (κ1) is 5.21. The predicted octanol–water partition coefficient (Wildman–Crippen LogP) is 1.21. The van der Waals surface area contributed by atoms with E-state index in [0.29, 0.717) is 0 Å². The van der Waals surface area contributed by atoms with Gasteiger partial charge in [0.25, 0.3) is 12.8 Å². The van der Waals surface area contributed by atoms with Crippen LogP contribution in [-0.2, 0) is 0 Å². The van der Waals surface area contributed by atoms with Crippen LogP contribution in [0.1, 0.15) is 12.1 Å². The maximum absolute atomic E-state index is 11.4. The van der Waals surface area contributed by atoms with Gasteiger partial charge in [-0.15, -0.1) is 0 Å². The average molecular weight is 117 g/mol. The van der Waals surface area contributed by atoms with Crippen molar-refractivity contribution in [3.63, 3.8) is 0 Å². The third-order valence-corrected chi connectivity index (χ3v) is 0.574. The van der Waals surface area contributed by atoms with E-state index in [0.717, 1.165) is 0 Å². The van der Waals surface area contributed by atoms with Gasteiger partial charge in [-0.25, -0.2) is 13.8 Å². The standard InChI is InChI=1S/C4HF2NO/c5-4(6)3-1-8-2-7-3/h4H. The second-order valence-corrected chi connectivity index (χ2v) is 1.09. The lowest BCUT2D eigenvalue weighted by atomic mass is 10.5. The molecule has 8 heavy (non-hydrogen) atoms. The van der Waals surface area contributed by atoms with Crippen molar-refractivity contribution in [2.24, 2.45) is 0 Å². The molecule has 0 amide bonds. The number of halogens is 2. The van der Waals surface area contributed by atoms with Gasteiger partial charge in [0, 0.05) is 0 Å². The highest BCUT2D eigenvalue weighted by Crippen LogP contribution is 2.13. The van der Waals surface area contributed by atoms with E-state index in [-0.39, 0.29) is 0 Å². The molecule has 1 aromatic rings. The molecular formula is C4HF2NO. The SMILES string of the molecule is FC(F)c1[c]o[c]n1. The van der Waals surface area contributed by atoms with Crippen molar-refractivity contribution in [3.8, 4) is 0 Å². The first-order valence-electron chi connectivity index (χ1n) is 1.83. The molecule has 1 aromatic heterocycles. The molecule has 0 N–H and O–H groups in total. The molecule has 0 fully saturated rings. The van der Waals surface area contributed by atoms with Crippen molar-refractivity contribution in [2.75, 3.05) is 0 Å². The van der Waals surface area contributed by atoms with Gasteiger partial charge in [0.1, 0.15) is 0 Å². The largest absolute Gasteiger partial charge is 0.428 e. The highest BCUT2D eigenvalue weighted by Gasteiger charge is 2.09. The molecule has 1 heterocycles. The Morgan fingerprint density at radius 1 is 1.62 bits per heavy atom. The van der Waals surface area contributed by atoms with Crippen LogP contribution in [0.15, 0.2) is 4.42 Å². The lowest BCUT2D eigenvalue weighted by molar-refractivity contribution is 0.145. The number of rotatable bonds is 1. The summed E-state index contributed by atoms with van der Waals surface area (Å²) in [5.74, 6) is 0. The molecule has 42 valence electrons. The molecule has 0 spiro atoms. The third kappa shape index (κ3) is 0.828. The summed E-state index contributed by atoms with van der Waals surface area (Å²) >= 11 is 0. The van der Waals surface area contributed by atoms with Crippen molar-refractivity contribution >= 4 is 0 Å². The van der Waals surface area contributed by atoms with Gasteiger partial charge in [-0.2, -0.15) is 0 Å². The van der Waals surface area contributed by atoms with Crippen LogP contribution in [0.25, 0.3) is 0 Å². The van der Waals surface area contributed by atoms with Crippen molar-refractivity contribution in [1.29, 1.82) is 0 Å². The predicted molar refractivity (Wildman–Crippen MR) is 19.1 cm³/mol. The highest BCUT2D eigenvalue weighted by molar-refractivity contribution is 4.88. The number of alkyl halides is 2. The van der Waals surface area contributed by atoms with Gasteiger partial charge < -0.3 is 4.42 Å². The smallest absolute Gasteiger partial charge is 0.284 e. The minimum absolute atomic E-state index is 0.495. The highest BCUT2D eigenvalue weighted by atomic mass is 19.3. The molecule has 0 saturated heterocycles. The Bertz CT molecular complexity index is 149. The number of aromatic nitrogens is 1. The lowest BCUT2D eigenvalue weighted by Gasteiger charge is -1.83. The minimum atomic E-state index is -2.61. The van der Waals surface area contributed by atoms with Crippen LogP contribution < -0.4 is 0 Å². The Morgan fingerprint density at radius 3 is 2.62 bits per heavy atom. The van der Waals surface area contributed by atoms with E-state index >= 15 is 0 Å². The van der Waals surface area contributed by atoms with Crippen LogP contribution in [0.2, 0.25) is 0 Å². The Kier molecular flexibility index (Phi) is 1.24. The quantitative estimate of drug-likeness (QED) is 0.552. The normalized spacial score (nSPS) is 10.4. The monoisotopic (exact) mass is 117 g/mol. The minimum Gasteiger partial charge on any atom is -0.428 e. The number of nitrogens with zero attached hydrogens (tertiary/aromatic N) is 1. The third-order valence-electron chi connectivity index (χ3n) is 0.574. The van der Waals surface area contributed by atoms with Crippen LogP contribution in [0.4, 0.5) is 8.78 Å². The summed E-state index contributed by atoms with van der Waals surface area (Å²) < 4.78 is 26.9. The summed E-state index contributed by atoms with van der Waals surface area (Å²) in [6, 6.07) is 0. The van der Waals surface area contributed by atoms with Crippen LogP contribution >= 0.6 is 0 Å². The van der Waals surface area contributed by atoms with Crippen molar-refractivity contribution in [3.05, 3.63) is 18.4 Å². The lowest BCUT2D eigenvalue weighted by Crippen LogP contribution is -1.80. The van der Waals surface area contributed by atoms with E-state index in [4.69, 9.17) is 0 Å². The van der Waals surface area contributed by atoms with Gasteiger partial charge in [0.05, 0.1) is 0 Å². The summed E-state index contributed by atoms with van der Waals surface area (Å²) in [4.78, 5) is 3.02. The Morgan fingerprint density at radius 2 is 2.38 bits per heavy atom. The maximum Gasteiger partial charge on any atom is 0.284 e. The molecule has 0 aromatic carbocycles. The molecule has 0 aliphatic rings. The zero-order chi connectivity index (χ0) is 5.98. The average Bonchev–Trinajstić information content (AvgIpc) is 2.12. The summed E-state index contributed by atoms with van der Waals surface area (Å²) in [6.07, 6.45) is 1.09. The molecule has 1 rings (SSSR count). The van der Waals surface area contributed by atoms with Crippen LogP contribution in [0.3, 0.4) is 0 Å². The van der Waals surface area contributed by atoms with E-state index in [1.54, 1.807) is 0 Å². The number of hydrogen-bond acceptors (Lipinski definition) is 2. The van der Waals surface area contributed by atoms with Gasteiger partial charge >= 0.3 is 0 Å².